The van der Waals surface area contributed by atoms with Gasteiger partial charge in [-0.3, -0.25) is 14.2 Å². The molecule has 34 heavy (non-hydrogen) atoms. The normalized spacial score (nSPS) is 15.5. The molecule has 2 aromatic rings. The maximum atomic E-state index is 13.0. The lowest BCUT2D eigenvalue weighted by molar-refractivity contribution is -0.141. The lowest BCUT2D eigenvalue weighted by Crippen LogP contribution is -2.43. The summed E-state index contributed by atoms with van der Waals surface area (Å²) in [6.45, 7) is 5.28. The highest BCUT2D eigenvalue weighted by Gasteiger charge is 2.30. The average molecular weight is 484 g/mol. The lowest BCUT2D eigenvalue weighted by Gasteiger charge is -2.22. The van der Waals surface area contributed by atoms with Crippen molar-refractivity contribution in [2.75, 3.05) is 12.3 Å². The fourth-order valence-electron chi connectivity index (χ4n) is 3.67. The second-order valence-corrected chi connectivity index (χ2v) is 10.9. The standard InChI is InChI=1S/C27H34NO5P/c1-4-9-23(5-2)24-14-12-22(13-15-24)18-25(26(29)28-20(3)27(30)31)19-34(32,33)17-16-21-10-7-6-8-11-21/h4-15,20,25H,16-19H2,1-3H3,(H,28,29)(H,30,31)(H,32,33)/b9-4-,23-5+. The van der Waals surface area contributed by atoms with Gasteiger partial charge in [0.15, 0.2) is 0 Å². The van der Waals surface area contributed by atoms with E-state index in [1.165, 1.54) is 6.92 Å². The molecule has 0 bridgehead atoms. The molecule has 6 nitrogen and oxygen atoms in total. The number of hydrogen-bond donors (Lipinski definition) is 3. The quantitative estimate of drug-likeness (QED) is 0.293. The minimum absolute atomic E-state index is 0.0578. The molecule has 1 amide bonds. The number of hydrogen-bond acceptors (Lipinski definition) is 3. The number of carbonyl (C=O) groups is 2. The van der Waals surface area contributed by atoms with Crippen molar-refractivity contribution in [2.45, 2.75) is 39.7 Å². The van der Waals surface area contributed by atoms with Crippen LogP contribution < -0.4 is 5.32 Å². The minimum Gasteiger partial charge on any atom is -0.480 e. The molecule has 0 aliphatic rings. The van der Waals surface area contributed by atoms with E-state index in [1.54, 1.807) is 0 Å². The predicted octanol–water partition coefficient (Wildman–Crippen LogP) is 4.93. The van der Waals surface area contributed by atoms with Crippen LogP contribution in [0.4, 0.5) is 0 Å². The van der Waals surface area contributed by atoms with Gasteiger partial charge in [-0.05, 0) is 55.9 Å². The van der Waals surface area contributed by atoms with Gasteiger partial charge in [0.2, 0.25) is 13.3 Å². The maximum absolute atomic E-state index is 13.0. The molecule has 0 aromatic heterocycles. The highest BCUT2D eigenvalue weighted by atomic mass is 31.2. The number of amides is 1. The van der Waals surface area contributed by atoms with Crippen LogP contribution in [0.15, 0.2) is 72.8 Å². The molecule has 182 valence electrons. The predicted molar refractivity (Wildman–Crippen MR) is 137 cm³/mol. The van der Waals surface area contributed by atoms with Crippen LogP contribution in [0.1, 0.15) is 37.5 Å². The smallest absolute Gasteiger partial charge is 0.325 e. The highest BCUT2D eigenvalue weighted by Crippen LogP contribution is 2.43. The maximum Gasteiger partial charge on any atom is 0.325 e. The van der Waals surface area contributed by atoms with E-state index in [0.717, 1.165) is 22.3 Å². The van der Waals surface area contributed by atoms with Gasteiger partial charge < -0.3 is 15.3 Å². The van der Waals surface area contributed by atoms with E-state index in [0.29, 0.717) is 6.42 Å². The third-order valence-electron chi connectivity index (χ3n) is 5.62. The van der Waals surface area contributed by atoms with Crippen molar-refractivity contribution in [3.8, 4) is 0 Å². The fourth-order valence-corrected chi connectivity index (χ4v) is 5.45. The summed E-state index contributed by atoms with van der Waals surface area (Å²) < 4.78 is 13.0. The van der Waals surface area contributed by atoms with Gasteiger partial charge in [-0.1, -0.05) is 72.8 Å². The summed E-state index contributed by atoms with van der Waals surface area (Å²) in [5.41, 5.74) is 3.89. The number of allylic oxidation sites excluding steroid dienone is 4. The van der Waals surface area contributed by atoms with Crippen molar-refractivity contribution in [1.29, 1.82) is 0 Å². The van der Waals surface area contributed by atoms with E-state index in [9.17, 15) is 19.0 Å². The molecule has 7 heteroatoms. The highest BCUT2D eigenvalue weighted by molar-refractivity contribution is 7.58. The molecule has 2 aromatic carbocycles. The van der Waals surface area contributed by atoms with Crippen LogP contribution in [0.25, 0.3) is 5.57 Å². The van der Waals surface area contributed by atoms with E-state index in [-0.39, 0.29) is 18.7 Å². The van der Waals surface area contributed by atoms with Crippen LogP contribution >= 0.6 is 7.37 Å². The Morgan fingerprint density at radius 1 is 1.03 bits per heavy atom. The average Bonchev–Trinajstić information content (AvgIpc) is 2.82. The van der Waals surface area contributed by atoms with Gasteiger partial charge in [-0.2, -0.15) is 0 Å². The van der Waals surface area contributed by atoms with Crippen LogP contribution in [0.5, 0.6) is 0 Å². The van der Waals surface area contributed by atoms with Crippen LogP contribution in [0, 0.1) is 5.92 Å². The first-order valence-corrected chi connectivity index (χ1v) is 13.4. The summed E-state index contributed by atoms with van der Waals surface area (Å²) in [6.07, 6.45) is 6.49. The van der Waals surface area contributed by atoms with Crippen molar-refractivity contribution >= 4 is 24.8 Å². The topological polar surface area (TPSA) is 104 Å². The number of rotatable bonds is 12. The summed E-state index contributed by atoms with van der Waals surface area (Å²) in [6, 6.07) is 16.0. The van der Waals surface area contributed by atoms with Gasteiger partial charge in [0.05, 0.1) is 5.92 Å². The largest absolute Gasteiger partial charge is 0.480 e. The lowest BCUT2D eigenvalue weighted by atomic mass is 9.97. The van der Waals surface area contributed by atoms with Crippen molar-refractivity contribution in [1.82, 2.24) is 5.32 Å². The zero-order valence-electron chi connectivity index (χ0n) is 20.0. The number of nitrogens with one attached hydrogen (secondary N) is 1. The molecule has 0 saturated carbocycles. The number of aliphatic carboxylic acids is 1. The number of aryl methyl sites for hydroxylation is 1. The third kappa shape index (κ3) is 8.77. The molecule has 0 aliphatic carbocycles. The summed E-state index contributed by atoms with van der Waals surface area (Å²) in [5.74, 6) is -2.51. The molecule has 0 saturated heterocycles. The van der Waals surface area contributed by atoms with Crippen molar-refractivity contribution < 1.29 is 24.2 Å². The summed E-state index contributed by atoms with van der Waals surface area (Å²) in [7, 11) is -3.64. The van der Waals surface area contributed by atoms with Gasteiger partial charge in [0.1, 0.15) is 6.04 Å². The Hall–Kier alpha value is -2.95. The third-order valence-corrected chi connectivity index (χ3v) is 7.56. The Bertz CT molecular complexity index is 1060. The monoisotopic (exact) mass is 483 g/mol. The Kier molecular flexibility index (Phi) is 10.5. The summed E-state index contributed by atoms with van der Waals surface area (Å²) in [4.78, 5) is 34.8. The van der Waals surface area contributed by atoms with Gasteiger partial charge in [-0.25, -0.2) is 0 Å². The molecule has 0 radical (unpaired) electrons. The molecule has 3 unspecified atom stereocenters. The Labute approximate surface area is 201 Å². The van der Waals surface area contributed by atoms with E-state index < -0.39 is 31.2 Å². The molecule has 0 aliphatic heterocycles. The summed E-state index contributed by atoms with van der Waals surface area (Å²) >= 11 is 0. The van der Waals surface area contributed by atoms with Crippen molar-refractivity contribution in [3.63, 3.8) is 0 Å². The number of carboxylic acid groups (broad SMARTS) is 1. The second kappa shape index (κ2) is 13.1. The molecule has 3 N–H and O–H groups in total. The van der Waals surface area contributed by atoms with E-state index >= 15 is 0 Å². The van der Waals surface area contributed by atoms with E-state index in [4.69, 9.17) is 5.11 Å². The molecule has 0 fully saturated rings. The van der Waals surface area contributed by atoms with Crippen LogP contribution in [0.3, 0.4) is 0 Å². The van der Waals surface area contributed by atoms with Gasteiger partial charge in [0, 0.05) is 12.3 Å². The van der Waals surface area contributed by atoms with Crippen LogP contribution in [-0.4, -0.2) is 40.2 Å². The number of carbonyl (C=O) groups excluding carboxylic acids is 1. The first-order valence-electron chi connectivity index (χ1n) is 11.4. The van der Waals surface area contributed by atoms with Gasteiger partial charge in [0.25, 0.3) is 0 Å². The van der Waals surface area contributed by atoms with Crippen molar-refractivity contribution in [2.24, 2.45) is 5.92 Å². The molecular weight excluding hydrogens is 449 g/mol. The number of carboxylic acids is 1. The van der Waals surface area contributed by atoms with Crippen LogP contribution in [-0.2, 0) is 27.0 Å². The molecule has 3 atom stereocenters. The van der Waals surface area contributed by atoms with Gasteiger partial charge in [-0.15, -0.1) is 0 Å². The molecular formula is C27H34NO5P. The van der Waals surface area contributed by atoms with Crippen molar-refractivity contribution in [3.05, 3.63) is 89.5 Å². The fraction of sp³-hybridized carbons (Fsp3) is 0.333. The SMILES string of the molecule is C/C=C\C(=C/C)c1ccc(CC(CP(=O)(O)CCc2ccccc2)C(=O)NC(C)C(=O)O)cc1. The van der Waals surface area contributed by atoms with Gasteiger partial charge >= 0.3 is 5.97 Å². The minimum atomic E-state index is -3.64. The first kappa shape index (κ1) is 27.3. The zero-order valence-corrected chi connectivity index (χ0v) is 20.9. The molecule has 0 heterocycles. The second-order valence-electron chi connectivity index (χ2n) is 8.40. The van der Waals surface area contributed by atoms with E-state index in [1.807, 2.05) is 86.7 Å². The Morgan fingerprint density at radius 2 is 1.68 bits per heavy atom. The first-order chi connectivity index (χ1) is 16.1. The molecule has 2 rings (SSSR count). The molecule has 0 spiro atoms. The zero-order chi connectivity index (χ0) is 25.1. The van der Waals surface area contributed by atoms with Crippen LogP contribution in [0.2, 0.25) is 0 Å². The summed E-state index contributed by atoms with van der Waals surface area (Å²) in [5, 5.41) is 11.6. The van der Waals surface area contributed by atoms with E-state index in [2.05, 4.69) is 5.32 Å². The Morgan fingerprint density at radius 3 is 2.24 bits per heavy atom. The number of benzene rings is 2. The Balaban J connectivity index is 2.19.